The molecular formula is C12H13ClN4O5. The number of nitrogens with zero attached hydrogens (tertiary/aromatic N) is 4. The Hall–Kier alpha value is -2.39. The molecule has 118 valence electrons. The van der Waals surface area contributed by atoms with Gasteiger partial charge < -0.3 is 19.4 Å². The number of methoxy groups -OCH3 is 1. The van der Waals surface area contributed by atoms with Crippen molar-refractivity contribution in [3.8, 4) is 17.5 Å². The van der Waals surface area contributed by atoms with Crippen molar-refractivity contribution in [2.75, 3.05) is 26.9 Å². The van der Waals surface area contributed by atoms with Gasteiger partial charge in [0.15, 0.2) is 6.61 Å². The summed E-state index contributed by atoms with van der Waals surface area (Å²) in [6.45, 7) is 0.0311. The molecule has 2 aromatic rings. The van der Waals surface area contributed by atoms with Gasteiger partial charge in [-0.3, -0.25) is 4.98 Å². The first-order valence-corrected chi connectivity index (χ1v) is 6.53. The second kappa shape index (κ2) is 7.57. The monoisotopic (exact) mass is 328 g/mol. The number of esters is 1. The van der Waals surface area contributed by atoms with E-state index < -0.39 is 5.97 Å². The van der Waals surface area contributed by atoms with Crippen molar-refractivity contribution in [1.29, 1.82) is 0 Å². The molecule has 0 aliphatic heterocycles. The molecule has 2 aromatic heterocycles. The first-order chi connectivity index (χ1) is 10.6. The number of pyridine rings is 1. The molecule has 0 aliphatic carbocycles. The Bertz CT molecular complexity index is 631. The summed E-state index contributed by atoms with van der Waals surface area (Å²) in [5.74, 6) is -0.545. The van der Waals surface area contributed by atoms with E-state index in [-0.39, 0.29) is 25.0 Å². The van der Waals surface area contributed by atoms with Crippen molar-refractivity contribution in [3.63, 3.8) is 0 Å². The smallest absolute Gasteiger partial charge is 0.344 e. The Balaban J connectivity index is 1.95. The second-order valence-electron chi connectivity index (χ2n) is 3.97. The minimum Gasteiger partial charge on any atom is -0.461 e. The van der Waals surface area contributed by atoms with Gasteiger partial charge in [-0.25, -0.2) is 4.79 Å². The molecule has 2 heterocycles. The highest BCUT2D eigenvalue weighted by Gasteiger charge is 2.15. The molecule has 0 unspecified atom stereocenters. The molecule has 2 rings (SSSR count). The minimum atomic E-state index is -0.600. The number of carbonyl (C=O) groups excluding carboxylic acids is 1. The minimum absolute atomic E-state index is 0.0550. The maximum Gasteiger partial charge on any atom is 0.344 e. The fraction of sp³-hybridized carbons (Fsp3) is 0.333. The highest BCUT2D eigenvalue weighted by molar-refractivity contribution is 6.30. The van der Waals surface area contributed by atoms with E-state index in [1.807, 2.05) is 0 Å². The maximum atomic E-state index is 11.3. The van der Waals surface area contributed by atoms with E-state index in [1.165, 1.54) is 13.3 Å². The predicted octanol–water partition coefficient (Wildman–Crippen LogP) is 0.799. The Morgan fingerprint density at radius 3 is 2.91 bits per heavy atom. The van der Waals surface area contributed by atoms with Crippen molar-refractivity contribution in [2.24, 2.45) is 0 Å². The maximum absolute atomic E-state index is 11.3. The quantitative estimate of drug-likeness (QED) is 0.451. The summed E-state index contributed by atoms with van der Waals surface area (Å²) >= 11 is 5.73. The van der Waals surface area contributed by atoms with Crippen molar-refractivity contribution < 1.29 is 24.2 Å². The Morgan fingerprint density at radius 2 is 2.23 bits per heavy atom. The average Bonchev–Trinajstić information content (AvgIpc) is 2.87. The highest BCUT2D eigenvalue weighted by atomic mass is 35.5. The van der Waals surface area contributed by atoms with Crippen molar-refractivity contribution >= 4 is 17.6 Å². The molecule has 22 heavy (non-hydrogen) atoms. The van der Waals surface area contributed by atoms with Crippen LogP contribution in [0.2, 0.25) is 5.02 Å². The third-order valence-corrected chi connectivity index (χ3v) is 2.62. The molecule has 9 nitrogen and oxygen atoms in total. The topological polar surface area (TPSA) is 109 Å². The molecular weight excluding hydrogens is 316 g/mol. The Kier molecular flexibility index (Phi) is 5.50. The van der Waals surface area contributed by atoms with Crippen LogP contribution in [0.1, 0.15) is 0 Å². The Morgan fingerprint density at radius 1 is 1.41 bits per heavy atom. The van der Waals surface area contributed by atoms with Gasteiger partial charge in [0.25, 0.3) is 0 Å². The standard InChI is InChI=1S/C12H13ClN4O5/c1-20-4-5-21-10(18)7-22-12-15-11(17(19)16-12)9-3-2-8(13)6-14-9/h2-3,6,19H,4-5,7H2,1H3. The van der Waals surface area contributed by atoms with Crippen LogP contribution in [0.25, 0.3) is 11.5 Å². The normalized spacial score (nSPS) is 10.5. The van der Waals surface area contributed by atoms with Gasteiger partial charge in [0.2, 0.25) is 5.82 Å². The Labute approximate surface area is 130 Å². The molecule has 0 aromatic carbocycles. The van der Waals surface area contributed by atoms with Gasteiger partial charge in [0.05, 0.1) is 11.6 Å². The van der Waals surface area contributed by atoms with E-state index in [0.717, 1.165) is 0 Å². The fourth-order valence-electron chi connectivity index (χ4n) is 1.42. The summed E-state index contributed by atoms with van der Waals surface area (Å²) in [5, 5.41) is 13.7. The third kappa shape index (κ3) is 4.30. The molecule has 0 aliphatic rings. The van der Waals surface area contributed by atoms with Crippen LogP contribution in [0.3, 0.4) is 0 Å². The van der Waals surface area contributed by atoms with Crippen LogP contribution in [-0.2, 0) is 14.3 Å². The van der Waals surface area contributed by atoms with E-state index >= 15 is 0 Å². The lowest BCUT2D eigenvalue weighted by atomic mass is 10.3. The van der Waals surface area contributed by atoms with E-state index in [1.54, 1.807) is 12.1 Å². The summed E-state index contributed by atoms with van der Waals surface area (Å²) in [6.07, 6.45) is 1.40. The van der Waals surface area contributed by atoms with Crippen LogP contribution in [0.15, 0.2) is 18.3 Å². The SMILES string of the molecule is COCCOC(=O)COc1nc(-c2ccc(Cl)cn2)n(O)n1. The summed E-state index contributed by atoms with van der Waals surface area (Å²) in [4.78, 5) is 19.7. The van der Waals surface area contributed by atoms with Crippen LogP contribution in [0.4, 0.5) is 0 Å². The number of carbonyl (C=O) groups is 1. The van der Waals surface area contributed by atoms with Gasteiger partial charge >= 0.3 is 12.0 Å². The summed E-state index contributed by atoms with van der Waals surface area (Å²) < 4.78 is 14.6. The largest absolute Gasteiger partial charge is 0.461 e. The molecule has 0 bridgehead atoms. The van der Waals surface area contributed by atoms with E-state index in [2.05, 4.69) is 15.1 Å². The lowest BCUT2D eigenvalue weighted by Gasteiger charge is -2.03. The summed E-state index contributed by atoms with van der Waals surface area (Å²) in [6, 6.07) is 2.96. The molecule has 0 amide bonds. The average molecular weight is 329 g/mol. The number of aromatic nitrogens is 4. The van der Waals surface area contributed by atoms with Gasteiger partial charge in [0.1, 0.15) is 12.3 Å². The van der Waals surface area contributed by atoms with Crippen molar-refractivity contribution in [2.45, 2.75) is 0 Å². The predicted molar refractivity (Wildman–Crippen MR) is 73.8 cm³/mol. The van der Waals surface area contributed by atoms with Crippen LogP contribution < -0.4 is 4.74 Å². The van der Waals surface area contributed by atoms with Crippen LogP contribution in [0.5, 0.6) is 6.01 Å². The van der Waals surface area contributed by atoms with E-state index in [9.17, 15) is 10.0 Å². The zero-order valence-corrected chi connectivity index (χ0v) is 12.4. The van der Waals surface area contributed by atoms with Crippen LogP contribution in [-0.4, -0.2) is 58.0 Å². The van der Waals surface area contributed by atoms with Gasteiger partial charge in [-0.05, 0) is 12.1 Å². The van der Waals surface area contributed by atoms with Crippen molar-refractivity contribution in [1.82, 2.24) is 19.9 Å². The van der Waals surface area contributed by atoms with Gasteiger partial charge in [0, 0.05) is 13.3 Å². The lowest BCUT2D eigenvalue weighted by Crippen LogP contribution is -2.17. The number of hydrogen-bond acceptors (Lipinski definition) is 8. The molecule has 0 saturated heterocycles. The first kappa shape index (κ1) is 16.0. The fourth-order valence-corrected chi connectivity index (χ4v) is 1.53. The lowest BCUT2D eigenvalue weighted by molar-refractivity contribution is -0.147. The second-order valence-corrected chi connectivity index (χ2v) is 4.41. The summed E-state index contributed by atoms with van der Waals surface area (Å²) in [5.41, 5.74) is 0.344. The van der Waals surface area contributed by atoms with Gasteiger partial charge in [-0.1, -0.05) is 21.5 Å². The number of ether oxygens (including phenoxy) is 3. The van der Waals surface area contributed by atoms with Crippen LogP contribution >= 0.6 is 11.6 Å². The molecule has 10 heteroatoms. The van der Waals surface area contributed by atoms with E-state index in [0.29, 0.717) is 22.2 Å². The number of rotatable bonds is 7. The molecule has 1 N–H and O–H groups in total. The summed E-state index contributed by atoms with van der Waals surface area (Å²) in [7, 11) is 1.49. The van der Waals surface area contributed by atoms with E-state index in [4.69, 9.17) is 25.8 Å². The molecule has 0 spiro atoms. The molecule has 0 saturated carbocycles. The zero-order valence-electron chi connectivity index (χ0n) is 11.6. The highest BCUT2D eigenvalue weighted by Crippen LogP contribution is 2.18. The van der Waals surface area contributed by atoms with Crippen molar-refractivity contribution in [3.05, 3.63) is 23.4 Å². The van der Waals surface area contributed by atoms with Gasteiger partial charge in [-0.15, -0.1) is 0 Å². The molecule has 0 fully saturated rings. The van der Waals surface area contributed by atoms with Crippen LogP contribution in [0, 0.1) is 0 Å². The first-order valence-electron chi connectivity index (χ1n) is 6.15. The molecule has 0 atom stereocenters. The molecule has 0 radical (unpaired) electrons. The number of hydrogen-bond donors (Lipinski definition) is 1. The number of halogens is 1. The zero-order chi connectivity index (χ0) is 15.9. The van der Waals surface area contributed by atoms with Gasteiger partial charge in [-0.2, -0.15) is 4.98 Å². The third-order valence-electron chi connectivity index (χ3n) is 2.40.